The van der Waals surface area contributed by atoms with Crippen LogP contribution in [-0.2, 0) is 0 Å². The molecule has 0 bridgehead atoms. The van der Waals surface area contributed by atoms with E-state index in [2.05, 4.69) is 20.9 Å². The van der Waals surface area contributed by atoms with Crippen molar-refractivity contribution >= 4 is 35.8 Å². The number of aryl methyl sites for hydroxylation is 1. The minimum atomic E-state index is -0.236. The summed E-state index contributed by atoms with van der Waals surface area (Å²) in [6.07, 6.45) is 1.45. The van der Waals surface area contributed by atoms with E-state index in [1.807, 2.05) is 38.1 Å². The van der Waals surface area contributed by atoms with E-state index < -0.39 is 0 Å². The maximum Gasteiger partial charge on any atom is 0.287 e. The van der Waals surface area contributed by atoms with Gasteiger partial charge in [0.1, 0.15) is 11.9 Å². The maximum atomic E-state index is 11.7. The van der Waals surface area contributed by atoms with E-state index in [-0.39, 0.29) is 36.0 Å². The molecule has 0 saturated carbocycles. The lowest BCUT2D eigenvalue weighted by atomic mass is 10.2. The molecule has 1 heterocycles. The Balaban J connectivity index is 0.00000364. The zero-order valence-corrected chi connectivity index (χ0v) is 18.2. The fourth-order valence-corrected chi connectivity index (χ4v) is 2.26. The predicted octanol–water partition coefficient (Wildman–Crippen LogP) is 2.57. The molecule has 148 valence electrons. The van der Waals surface area contributed by atoms with Gasteiger partial charge in [-0.2, -0.15) is 0 Å². The van der Waals surface area contributed by atoms with Crippen molar-refractivity contribution < 1.29 is 13.9 Å². The molecule has 1 amide bonds. The molecule has 1 atom stereocenters. The standard InChI is InChI=1S/C19H26N4O3.HI/c1-14-7-4-5-8-16(14)26-15(2)13-23-19(20-3)22-11-10-21-18(24)17-9-6-12-25-17;/h4-9,12,15H,10-11,13H2,1-3H3,(H,21,24)(H2,20,22,23);1H. The molecule has 0 fully saturated rings. The Morgan fingerprint density at radius 1 is 1.15 bits per heavy atom. The Hall–Kier alpha value is -2.23. The summed E-state index contributed by atoms with van der Waals surface area (Å²) < 4.78 is 11.0. The van der Waals surface area contributed by atoms with Crippen LogP contribution in [0.3, 0.4) is 0 Å². The van der Waals surface area contributed by atoms with Crippen LogP contribution < -0.4 is 20.7 Å². The first-order valence-electron chi connectivity index (χ1n) is 8.58. The molecule has 1 unspecified atom stereocenters. The molecule has 27 heavy (non-hydrogen) atoms. The number of furan rings is 1. The van der Waals surface area contributed by atoms with Gasteiger partial charge in [0.2, 0.25) is 0 Å². The number of rotatable bonds is 8. The second-order valence-electron chi connectivity index (χ2n) is 5.81. The Morgan fingerprint density at radius 3 is 2.56 bits per heavy atom. The number of hydrogen-bond acceptors (Lipinski definition) is 4. The summed E-state index contributed by atoms with van der Waals surface area (Å²) in [6.45, 7) is 5.62. The summed E-state index contributed by atoms with van der Waals surface area (Å²) in [5.41, 5.74) is 1.11. The summed E-state index contributed by atoms with van der Waals surface area (Å²) in [4.78, 5) is 15.9. The summed E-state index contributed by atoms with van der Waals surface area (Å²) in [5, 5.41) is 9.11. The summed E-state index contributed by atoms with van der Waals surface area (Å²) in [6, 6.07) is 11.2. The molecule has 1 aromatic heterocycles. The van der Waals surface area contributed by atoms with E-state index in [1.54, 1.807) is 19.2 Å². The molecule has 0 saturated heterocycles. The molecule has 7 nitrogen and oxygen atoms in total. The van der Waals surface area contributed by atoms with Crippen LogP contribution in [0.25, 0.3) is 0 Å². The first-order valence-corrected chi connectivity index (χ1v) is 8.58. The SMILES string of the molecule is CN=C(NCCNC(=O)c1ccco1)NCC(C)Oc1ccccc1C.I. The van der Waals surface area contributed by atoms with Gasteiger partial charge in [-0.1, -0.05) is 18.2 Å². The van der Waals surface area contributed by atoms with Crippen LogP contribution >= 0.6 is 24.0 Å². The highest BCUT2D eigenvalue weighted by Crippen LogP contribution is 2.17. The maximum absolute atomic E-state index is 11.7. The van der Waals surface area contributed by atoms with Crippen molar-refractivity contribution in [3.05, 3.63) is 54.0 Å². The topological polar surface area (TPSA) is 87.9 Å². The van der Waals surface area contributed by atoms with E-state index in [1.165, 1.54) is 6.26 Å². The average molecular weight is 486 g/mol. The first kappa shape index (κ1) is 22.8. The van der Waals surface area contributed by atoms with Gasteiger partial charge in [-0.05, 0) is 37.6 Å². The van der Waals surface area contributed by atoms with Crippen molar-refractivity contribution in [1.82, 2.24) is 16.0 Å². The fraction of sp³-hybridized carbons (Fsp3) is 0.368. The largest absolute Gasteiger partial charge is 0.489 e. The number of aliphatic imine (C=N–C) groups is 1. The smallest absolute Gasteiger partial charge is 0.287 e. The molecule has 0 radical (unpaired) electrons. The summed E-state index contributed by atoms with van der Waals surface area (Å²) in [7, 11) is 1.70. The summed E-state index contributed by atoms with van der Waals surface area (Å²) in [5.74, 6) is 1.59. The number of para-hydroxylation sites is 1. The van der Waals surface area contributed by atoms with Crippen LogP contribution in [0.4, 0.5) is 0 Å². The number of nitrogens with one attached hydrogen (secondary N) is 3. The normalized spacial score (nSPS) is 11.9. The molecule has 2 rings (SSSR count). The second kappa shape index (κ2) is 12.2. The van der Waals surface area contributed by atoms with Crippen LogP contribution in [-0.4, -0.2) is 44.7 Å². The molecule has 3 N–H and O–H groups in total. The van der Waals surface area contributed by atoms with Crippen LogP contribution in [0.1, 0.15) is 23.0 Å². The van der Waals surface area contributed by atoms with Gasteiger partial charge in [0.15, 0.2) is 11.7 Å². The lowest BCUT2D eigenvalue weighted by molar-refractivity contribution is 0.0926. The van der Waals surface area contributed by atoms with Crippen molar-refractivity contribution in [3.63, 3.8) is 0 Å². The number of nitrogens with zero attached hydrogens (tertiary/aromatic N) is 1. The van der Waals surface area contributed by atoms with Crippen LogP contribution in [0, 0.1) is 6.92 Å². The lowest BCUT2D eigenvalue weighted by Gasteiger charge is -2.18. The molecule has 0 aliphatic rings. The Morgan fingerprint density at radius 2 is 1.89 bits per heavy atom. The molecule has 8 heteroatoms. The van der Waals surface area contributed by atoms with Gasteiger partial charge in [-0.3, -0.25) is 9.79 Å². The van der Waals surface area contributed by atoms with Gasteiger partial charge in [0, 0.05) is 20.1 Å². The van der Waals surface area contributed by atoms with E-state index in [0.29, 0.717) is 31.4 Å². The number of carbonyl (C=O) groups excluding carboxylic acids is 1. The number of guanidine groups is 1. The molecule has 0 aliphatic heterocycles. The molecular formula is C19H27IN4O3. The Labute approximate surface area is 177 Å². The molecule has 0 spiro atoms. The van der Waals surface area contributed by atoms with Gasteiger partial charge in [-0.25, -0.2) is 0 Å². The zero-order valence-electron chi connectivity index (χ0n) is 15.8. The first-order chi connectivity index (χ1) is 12.6. The zero-order chi connectivity index (χ0) is 18.8. The molecule has 1 aromatic carbocycles. The van der Waals surface area contributed by atoms with Crippen molar-refractivity contribution in [2.75, 3.05) is 26.7 Å². The molecular weight excluding hydrogens is 459 g/mol. The minimum Gasteiger partial charge on any atom is -0.489 e. The van der Waals surface area contributed by atoms with Gasteiger partial charge in [0.05, 0.1) is 12.8 Å². The minimum absolute atomic E-state index is 0. The van der Waals surface area contributed by atoms with E-state index in [0.717, 1.165) is 11.3 Å². The third-order valence-corrected chi connectivity index (χ3v) is 3.65. The van der Waals surface area contributed by atoms with Gasteiger partial charge in [0.25, 0.3) is 5.91 Å². The third kappa shape index (κ3) is 7.90. The lowest BCUT2D eigenvalue weighted by Crippen LogP contribution is -2.44. The van der Waals surface area contributed by atoms with E-state index >= 15 is 0 Å². The van der Waals surface area contributed by atoms with Crippen LogP contribution in [0.5, 0.6) is 5.75 Å². The van der Waals surface area contributed by atoms with Gasteiger partial charge < -0.3 is 25.1 Å². The van der Waals surface area contributed by atoms with Gasteiger partial charge in [-0.15, -0.1) is 24.0 Å². The highest BCUT2D eigenvalue weighted by Gasteiger charge is 2.08. The van der Waals surface area contributed by atoms with E-state index in [4.69, 9.17) is 9.15 Å². The van der Waals surface area contributed by atoms with Crippen LogP contribution in [0.2, 0.25) is 0 Å². The van der Waals surface area contributed by atoms with Crippen LogP contribution in [0.15, 0.2) is 52.1 Å². The van der Waals surface area contributed by atoms with E-state index in [9.17, 15) is 4.79 Å². The quantitative estimate of drug-likeness (QED) is 0.231. The van der Waals surface area contributed by atoms with Crippen molar-refractivity contribution in [3.8, 4) is 5.75 Å². The number of halogens is 1. The Kier molecular flexibility index (Phi) is 10.3. The Bertz CT molecular complexity index is 720. The second-order valence-corrected chi connectivity index (χ2v) is 5.81. The van der Waals surface area contributed by atoms with Crippen molar-refractivity contribution in [2.45, 2.75) is 20.0 Å². The number of carbonyl (C=O) groups is 1. The number of amides is 1. The molecule has 2 aromatic rings. The molecule has 0 aliphatic carbocycles. The highest BCUT2D eigenvalue weighted by atomic mass is 127. The highest BCUT2D eigenvalue weighted by molar-refractivity contribution is 14.0. The van der Waals surface area contributed by atoms with Crippen molar-refractivity contribution in [2.24, 2.45) is 4.99 Å². The third-order valence-electron chi connectivity index (χ3n) is 3.65. The number of benzene rings is 1. The fourth-order valence-electron chi connectivity index (χ4n) is 2.26. The monoisotopic (exact) mass is 486 g/mol. The predicted molar refractivity (Wildman–Crippen MR) is 117 cm³/mol. The van der Waals surface area contributed by atoms with Gasteiger partial charge >= 0.3 is 0 Å². The number of hydrogen-bond donors (Lipinski definition) is 3. The average Bonchev–Trinajstić information content (AvgIpc) is 3.17. The van der Waals surface area contributed by atoms with Crippen molar-refractivity contribution in [1.29, 1.82) is 0 Å². The number of ether oxygens (including phenoxy) is 1. The summed E-state index contributed by atoms with van der Waals surface area (Å²) >= 11 is 0.